The average Bonchev–Trinajstić information content (AvgIpc) is 2.16. The number of carboxylic acid groups (broad SMARTS) is 1. The number of nitrogens with zero attached hydrogens (tertiary/aromatic N) is 1. The van der Waals surface area contributed by atoms with E-state index >= 15 is 0 Å². The molecule has 4 nitrogen and oxygen atoms in total. The van der Waals surface area contributed by atoms with E-state index in [4.69, 9.17) is 10.8 Å². The van der Waals surface area contributed by atoms with Gasteiger partial charge in [0.05, 0.1) is 0 Å². The summed E-state index contributed by atoms with van der Waals surface area (Å²) in [6.45, 7) is 0.0646. The third-order valence-electron chi connectivity index (χ3n) is 1.76. The lowest BCUT2D eigenvalue weighted by Crippen LogP contribution is -2.12. The van der Waals surface area contributed by atoms with Crippen molar-refractivity contribution in [3.63, 3.8) is 0 Å². The number of hydrogen-bond acceptors (Lipinski definition) is 3. The van der Waals surface area contributed by atoms with E-state index in [9.17, 15) is 13.6 Å². The standard InChI is InChI=1S/C8H7F2IN2O2/c9-7(10)6-4(8(14)15)5(11)3(1-12)2-13-6/h2,7H,1,12H2,(H,14,15). The first-order chi connectivity index (χ1) is 6.99. The highest BCUT2D eigenvalue weighted by molar-refractivity contribution is 14.1. The predicted octanol–water partition coefficient (Wildman–Crippen LogP) is 1.78. The van der Waals surface area contributed by atoms with Gasteiger partial charge in [-0.15, -0.1) is 0 Å². The molecule has 0 saturated carbocycles. The number of hydrogen-bond donors (Lipinski definition) is 2. The number of aromatic carboxylic acids is 1. The lowest BCUT2D eigenvalue weighted by molar-refractivity contribution is 0.0680. The van der Waals surface area contributed by atoms with Gasteiger partial charge in [-0.25, -0.2) is 13.6 Å². The van der Waals surface area contributed by atoms with Crippen LogP contribution in [0.2, 0.25) is 0 Å². The van der Waals surface area contributed by atoms with Gasteiger partial charge in [0.2, 0.25) is 0 Å². The van der Waals surface area contributed by atoms with Gasteiger partial charge in [0, 0.05) is 16.3 Å². The van der Waals surface area contributed by atoms with Crippen LogP contribution in [0.4, 0.5) is 8.78 Å². The average molecular weight is 328 g/mol. The van der Waals surface area contributed by atoms with Gasteiger partial charge in [0.1, 0.15) is 11.3 Å². The van der Waals surface area contributed by atoms with Crippen LogP contribution in [0.5, 0.6) is 0 Å². The summed E-state index contributed by atoms with van der Waals surface area (Å²) in [4.78, 5) is 14.2. The third kappa shape index (κ3) is 2.40. The Labute approximate surface area is 97.6 Å². The maximum Gasteiger partial charge on any atom is 0.338 e. The summed E-state index contributed by atoms with van der Waals surface area (Å²) in [5, 5.41) is 8.80. The molecule has 0 bridgehead atoms. The molecular weight excluding hydrogens is 321 g/mol. The van der Waals surface area contributed by atoms with Crippen LogP contribution >= 0.6 is 22.6 Å². The van der Waals surface area contributed by atoms with Gasteiger partial charge in [-0.1, -0.05) is 0 Å². The zero-order valence-electron chi connectivity index (χ0n) is 7.38. The molecular formula is C8H7F2IN2O2. The molecule has 0 saturated heterocycles. The van der Waals surface area contributed by atoms with E-state index in [1.807, 2.05) is 0 Å². The van der Waals surface area contributed by atoms with E-state index in [1.54, 1.807) is 22.6 Å². The van der Waals surface area contributed by atoms with Crippen molar-refractivity contribution in [1.29, 1.82) is 0 Å². The predicted molar refractivity (Wildman–Crippen MR) is 56.8 cm³/mol. The molecule has 3 N–H and O–H groups in total. The molecule has 0 radical (unpaired) electrons. The van der Waals surface area contributed by atoms with Crippen molar-refractivity contribution in [2.45, 2.75) is 13.0 Å². The number of aromatic nitrogens is 1. The molecule has 1 rings (SSSR count). The lowest BCUT2D eigenvalue weighted by Gasteiger charge is -2.09. The first-order valence-electron chi connectivity index (χ1n) is 3.87. The molecule has 1 aromatic heterocycles. The van der Waals surface area contributed by atoms with Crippen molar-refractivity contribution >= 4 is 28.6 Å². The summed E-state index contributed by atoms with van der Waals surface area (Å²) < 4.78 is 25.1. The van der Waals surface area contributed by atoms with E-state index in [1.165, 1.54) is 6.20 Å². The van der Waals surface area contributed by atoms with Crippen LogP contribution in [-0.4, -0.2) is 16.1 Å². The smallest absolute Gasteiger partial charge is 0.338 e. The fourth-order valence-electron chi connectivity index (χ4n) is 1.05. The fourth-order valence-corrected chi connectivity index (χ4v) is 1.92. The summed E-state index contributed by atoms with van der Waals surface area (Å²) >= 11 is 1.68. The molecule has 0 aliphatic carbocycles. The van der Waals surface area contributed by atoms with Crippen LogP contribution < -0.4 is 5.73 Å². The third-order valence-corrected chi connectivity index (χ3v) is 2.99. The van der Waals surface area contributed by atoms with Gasteiger partial charge in [-0.2, -0.15) is 0 Å². The van der Waals surface area contributed by atoms with Crippen LogP contribution in [0.3, 0.4) is 0 Å². The number of halogens is 3. The van der Waals surface area contributed by atoms with E-state index < -0.39 is 23.7 Å². The highest BCUT2D eigenvalue weighted by Crippen LogP contribution is 2.26. The minimum atomic E-state index is -2.91. The van der Waals surface area contributed by atoms with Crippen molar-refractivity contribution in [3.05, 3.63) is 26.6 Å². The van der Waals surface area contributed by atoms with Gasteiger partial charge in [-0.05, 0) is 28.2 Å². The Morgan fingerprint density at radius 1 is 1.67 bits per heavy atom. The largest absolute Gasteiger partial charge is 0.478 e. The zero-order chi connectivity index (χ0) is 11.6. The number of alkyl halides is 2. The van der Waals surface area contributed by atoms with Crippen LogP contribution in [0.15, 0.2) is 6.20 Å². The first-order valence-corrected chi connectivity index (χ1v) is 4.95. The maximum atomic E-state index is 12.4. The summed E-state index contributed by atoms with van der Waals surface area (Å²) in [5.41, 5.74) is 4.58. The number of carboxylic acids is 1. The summed E-state index contributed by atoms with van der Waals surface area (Å²) in [6, 6.07) is 0. The van der Waals surface area contributed by atoms with Crippen molar-refractivity contribution in [2.75, 3.05) is 0 Å². The van der Waals surface area contributed by atoms with Gasteiger partial charge >= 0.3 is 5.97 Å². The van der Waals surface area contributed by atoms with Crippen molar-refractivity contribution < 1.29 is 18.7 Å². The zero-order valence-corrected chi connectivity index (χ0v) is 9.53. The molecule has 0 fully saturated rings. The molecule has 15 heavy (non-hydrogen) atoms. The molecule has 7 heteroatoms. The molecule has 0 aliphatic heterocycles. The van der Waals surface area contributed by atoms with Crippen molar-refractivity contribution in [3.8, 4) is 0 Å². The summed E-state index contributed by atoms with van der Waals surface area (Å²) in [7, 11) is 0. The second-order valence-corrected chi connectivity index (χ2v) is 3.75. The topological polar surface area (TPSA) is 76.2 Å². The summed E-state index contributed by atoms with van der Waals surface area (Å²) in [6.07, 6.45) is -1.73. The lowest BCUT2D eigenvalue weighted by atomic mass is 10.1. The van der Waals surface area contributed by atoms with Gasteiger partial charge < -0.3 is 10.8 Å². The molecule has 0 amide bonds. The number of nitrogens with two attached hydrogens (primary N) is 1. The highest BCUT2D eigenvalue weighted by atomic mass is 127. The molecule has 0 aromatic carbocycles. The van der Waals surface area contributed by atoms with E-state index in [2.05, 4.69) is 4.98 Å². The SMILES string of the molecule is NCc1cnc(C(F)F)c(C(=O)O)c1I. The molecule has 82 valence electrons. The van der Waals surface area contributed by atoms with Crippen molar-refractivity contribution in [2.24, 2.45) is 5.73 Å². The normalized spacial score (nSPS) is 10.7. The minimum absolute atomic E-state index is 0.0646. The Bertz CT molecular complexity index is 398. The first kappa shape index (κ1) is 12.2. The number of carbonyl (C=O) groups is 1. The van der Waals surface area contributed by atoms with Crippen molar-refractivity contribution in [1.82, 2.24) is 4.98 Å². The Balaban J connectivity index is 3.44. The van der Waals surface area contributed by atoms with E-state index in [-0.39, 0.29) is 10.1 Å². The Morgan fingerprint density at radius 3 is 2.67 bits per heavy atom. The quantitative estimate of drug-likeness (QED) is 0.830. The summed E-state index contributed by atoms with van der Waals surface area (Å²) in [5.74, 6) is -1.42. The van der Waals surface area contributed by atoms with Crippen LogP contribution in [0, 0.1) is 3.57 Å². The molecule has 0 aliphatic rings. The van der Waals surface area contributed by atoms with Gasteiger partial charge in [-0.3, -0.25) is 4.98 Å². The van der Waals surface area contributed by atoms with Crippen LogP contribution in [-0.2, 0) is 6.54 Å². The fraction of sp³-hybridized carbons (Fsp3) is 0.250. The Morgan fingerprint density at radius 2 is 2.27 bits per heavy atom. The van der Waals surface area contributed by atoms with Gasteiger partial charge in [0.25, 0.3) is 6.43 Å². The highest BCUT2D eigenvalue weighted by Gasteiger charge is 2.23. The molecule has 0 unspecified atom stereocenters. The molecule has 1 aromatic rings. The number of pyridine rings is 1. The van der Waals surface area contributed by atoms with E-state index in [0.717, 1.165) is 0 Å². The molecule has 1 heterocycles. The number of rotatable bonds is 3. The second-order valence-electron chi connectivity index (χ2n) is 2.67. The van der Waals surface area contributed by atoms with Crippen LogP contribution in [0.1, 0.15) is 28.0 Å². The van der Waals surface area contributed by atoms with Crippen LogP contribution in [0.25, 0.3) is 0 Å². The molecule has 0 spiro atoms. The van der Waals surface area contributed by atoms with E-state index in [0.29, 0.717) is 5.56 Å². The second kappa shape index (κ2) is 4.79. The Kier molecular flexibility index (Phi) is 3.91. The Hall–Kier alpha value is -0.830. The monoisotopic (exact) mass is 328 g/mol. The molecule has 0 atom stereocenters. The minimum Gasteiger partial charge on any atom is -0.478 e. The maximum absolute atomic E-state index is 12.4. The van der Waals surface area contributed by atoms with Gasteiger partial charge in [0.15, 0.2) is 0 Å².